The number of rotatable bonds is 5. The minimum atomic E-state index is -5.86. The number of aliphatic hydroxyl groups excluding tert-OH is 2. The van der Waals surface area contributed by atoms with Crippen molar-refractivity contribution in [2.24, 2.45) is 16.7 Å². The molecule has 0 aliphatic heterocycles. The molecule has 3 fully saturated rings. The van der Waals surface area contributed by atoms with Crippen molar-refractivity contribution in [3.8, 4) is 0 Å². The molecule has 0 radical (unpaired) electrons. The maximum Gasteiger partial charge on any atom is 0.429 e. The first-order chi connectivity index (χ1) is 16.6. The van der Waals surface area contributed by atoms with Crippen LogP contribution < -0.4 is 0 Å². The maximum atomic E-state index is 13.0. The fourth-order valence-electron chi connectivity index (χ4n) is 6.71. The smallest absolute Gasteiger partial charge is 0.393 e. The summed E-state index contributed by atoms with van der Waals surface area (Å²) in [5.41, 5.74) is -2.17. The summed E-state index contributed by atoms with van der Waals surface area (Å²) in [4.78, 5) is 0. The third-order valence-corrected chi connectivity index (χ3v) is 8.78. The summed E-state index contributed by atoms with van der Waals surface area (Å²) in [6.45, 7) is 2.15. The molecule has 2 unspecified atom stereocenters. The van der Waals surface area contributed by atoms with Crippen molar-refractivity contribution in [1.29, 1.82) is 0 Å². The lowest BCUT2D eigenvalue weighted by Gasteiger charge is -2.43. The minimum absolute atomic E-state index is 0.0223. The molecule has 0 aromatic rings. The van der Waals surface area contributed by atoms with E-state index in [1.165, 1.54) is 5.57 Å². The van der Waals surface area contributed by atoms with Crippen LogP contribution in [0.15, 0.2) is 47.1 Å². The van der Waals surface area contributed by atoms with Crippen LogP contribution >= 0.6 is 0 Å². The molecule has 4 aliphatic rings. The average Bonchev–Trinajstić information content (AvgIpc) is 3.42. The Morgan fingerprint density at radius 3 is 2.14 bits per heavy atom. The Kier molecular flexibility index (Phi) is 7.10. The molecule has 0 spiro atoms. The number of hydrogen-bond donors (Lipinski definition) is 3. The van der Waals surface area contributed by atoms with Crippen molar-refractivity contribution in [3.05, 3.63) is 47.1 Å². The summed E-state index contributed by atoms with van der Waals surface area (Å²) in [5, 5.41) is 29.3. The summed E-state index contributed by atoms with van der Waals surface area (Å²) in [7, 11) is 0. The van der Waals surface area contributed by atoms with Crippen molar-refractivity contribution in [3.63, 3.8) is 0 Å². The monoisotopic (exact) mass is 520 g/mol. The van der Waals surface area contributed by atoms with Crippen molar-refractivity contribution in [1.82, 2.24) is 0 Å². The molecule has 202 valence electrons. The molecule has 0 aromatic carbocycles. The fourth-order valence-corrected chi connectivity index (χ4v) is 6.71. The van der Waals surface area contributed by atoms with Gasteiger partial charge in [-0.15, -0.1) is 0 Å². The van der Waals surface area contributed by atoms with E-state index in [0.29, 0.717) is 32.1 Å². The molecule has 4 rings (SSSR count). The molecule has 36 heavy (non-hydrogen) atoms. The number of halogens is 6. The van der Waals surface area contributed by atoms with Crippen LogP contribution in [0.3, 0.4) is 0 Å². The Labute approximate surface area is 207 Å². The van der Waals surface area contributed by atoms with Crippen molar-refractivity contribution in [2.45, 2.75) is 101 Å². The highest BCUT2D eigenvalue weighted by Gasteiger charge is 2.69. The minimum Gasteiger partial charge on any atom is -0.393 e. The lowest BCUT2D eigenvalue weighted by atomic mass is 9.61. The fraction of sp³-hybridized carbons (Fsp3) is 0.704. The van der Waals surface area contributed by atoms with Gasteiger partial charge in [-0.25, -0.2) is 0 Å². The highest BCUT2D eigenvalue weighted by atomic mass is 19.4. The van der Waals surface area contributed by atoms with E-state index in [1.807, 2.05) is 6.08 Å². The summed E-state index contributed by atoms with van der Waals surface area (Å²) in [5.74, 6) is 0.209. The molecule has 3 saturated carbocycles. The lowest BCUT2D eigenvalue weighted by Crippen LogP contribution is -2.55. The van der Waals surface area contributed by atoms with E-state index in [-0.39, 0.29) is 23.8 Å². The second-order valence-corrected chi connectivity index (χ2v) is 11.3. The van der Waals surface area contributed by atoms with E-state index < -0.39 is 35.6 Å². The van der Waals surface area contributed by atoms with E-state index in [1.54, 1.807) is 0 Å². The van der Waals surface area contributed by atoms with Gasteiger partial charge in [0, 0.05) is 0 Å². The molecule has 0 saturated heterocycles. The Morgan fingerprint density at radius 2 is 1.58 bits per heavy atom. The van der Waals surface area contributed by atoms with Gasteiger partial charge in [-0.05, 0) is 87.0 Å². The van der Waals surface area contributed by atoms with E-state index in [9.17, 15) is 41.7 Å². The van der Waals surface area contributed by atoms with Gasteiger partial charge >= 0.3 is 12.4 Å². The van der Waals surface area contributed by atoms with Gasteiger partial charge in [0.05, 0.1) is 12.2 Å². The molecular formula is C27H34F6O3. The molecule has 0 aromatic heterocycles. The molecule has 0 amide bonds. The van der Waals surface area contributed by atoms with Crippen LogP contribution in [0.1, 0.15) is 71.1 Å². The SMILES string of the molecule is C[C@]12CCC/C(=C\C=C3\CC(O)C[C@H](O)C3)C1CC=C2C1(C/C=C/C(O)(C(F)(F)F)C(F)(F)F)CC1. The van der Waals surface area contributed by atoms with E-state index in [0.717, 1.165) is 42.9 Å². The van der Waals surface area contributed by atoms with Gasteiger partial charge < -0.3 is 15.3 Å². The standard InChI is InChI=1S/C27H34F6O3/c1-23-9-2-4-18(6-5-17-14-19(34)16-20(35)15-17)21(23)7-8-22(23)24(12-13-24)10-3-11-25(36,26(28,29)30)27(31,32)33/h3,5-6,8,11,19-21,34-36H,2,4,7,9-10,12-16H2,1H3/b11-3+,17-5-,18-6+/t19?,20-,21?,23+/m1/s1. The number of alkyl halides is 6. The van der Waals surface area contributed by atoms with Gasteiger partial charge in [-0.1, -0.05) is 47.9 Å². The highest BCUT2D eigenvalue weighted by Crippen LogP contribution is 2.67. The normalized spacial score (nSPS) is 35.4. The van der Waals surface area contributed by atoms with Crippen molar-refractivity contribution < 1.29 is 41.7 Å². The molecular weight excluding hydrogens is 486 g/mol. The second kappa shape index (κ2) is 9.31. The van der Waals surface area contributed by atoms with E-state index in [2.05, 4.69) is 19.1 Å². The Hall–Kier alpha value is -1.58. The van der Waals surface area contributed by atoms with E-state index in [4.69, 9.17) is 0 Å². The molecule has 4 aliphatic carbocycles. The summed E-state index contributed by atoms with van der Waals surface area (Å²) in [6.07, 6.45) is 0.484. The second-order valence-electron chi connectivity index (χ2n) is 11.3. The highest BCUT2D eigenvalue weighted by molar-refractivity contribution is 5.40. The molecule has 3 N–H and O–H groups in total. The van der Waals surface area contributed by atoms with Crippen LogP contribution in [0.4, 0.5) is 26.3 Å². The Balaban J connectivity index is 1.51. The van der Waals surface area contributed by atoms with Gasteiger partial charge in [0.2, 0.25) is 0 Å². The number of allylic oxidation sites excluding steroid dienone is 6. The number of hydrogen-bond acceptors (Lipinski definition) is 3. The summed E-state index contributed by atoms with van der Waals surface area (Å²) in [6, 6.07) is 0. The maximum absolute atomic E-state index is 13.0. The molecule has 0 bridgehead atoms. The Bertz CT molecular complexity index is 943. The average molecular weight is 521 g/mol. The zero-order valence-electron chi connectivity index (χ0n) is 20.3. The predicted molar refractivity (Wildman–Crippen MR) is 123 cm³/mol. The first kappa shape index (κ1) is 27.5. The topological polar surface area (TPSA) is 60.7 Å². The lowest BCUT2D eigenvalue weighted by molar-refractivity contribution is -0.347. The van der Waals surface area contributed by atoms with Crippen molar-refractivity contribution in [2.75, 3.05) is 0 Å². The van der Waals surface area contributed by atoms with Crippen LogP contribution in [0.5, 0.6) is 0 Å². The molecule has 0 heterocycles. The predicted octanol–water partition coefficient (Wildman–Crippen LogP) is 6.46. The van der Waals surface area contributed by atoms with Gasteiger partial charge in [0.1, 0.15) is 0 Å². The van der Waals surface area contributed by atoms with Crippen molar-refractivity contribution >= 4 is 0 Å². The zero-order valence-corrected chi connectivity index (χ0v) is 20.3. The van der Waals surface area contributed by atoms with Crippen LogP contribution in [0.2, 0.25) is 0 Å². The van der Waals surface area contributed by atoms with Gasteiger partial charge in [-0.2, -0.15) is 26.3 Å². The summed E-state index contributed by atoms with van der Waals surface area (Å²) >= 11 is 0. The van der Waals surface area contributed by atoms with Crippen LogP contribution in [0.25, 0.3) is 0 Å². The Morgan fingerprint density at radius 1 is 0.972 bits per heavy atom. The number of fused-ring (bicyclic) bond motifs is 1. The van der Waals surface area contributed by atoms with Crippen LogP contribution in [-0.2, 0) is 0 Å². The quantitative estimate of drug-likeness (QED) is 0.288. The number of aliphatic hydroxyl groups is 3. The third kappa shape index (κ3) is 4.95. The first-order valence-electron chi connectivity index (χ1n) is 12.6. The van der Waals surface area contributed by atoms with Gasteiger partial charge in [0.25, 0.3) is 5.60 Å². The third-order valence-electron chi connectivity index (χ3n) is 8.78. The molecule has 4 atom stereocenters. The van der Waals surface area contributed by atoms with Crippen LogP contribution in [-0.4, -0.2) is 45.5 Å². The van der Waals surface area contributed by atoms with Gasteiger partial charge in [0.15, 0.2) is 0 Å². The zero-order chi connectivity index (χ0) is 26.6. The molecule has 9 heteroatoms. The first-order valence-corrected chi connectivity index (χ1v) is 12.6. The van der Waals surface area contributed by atoms with E-state index >= 15 is 0 Å². The van der Waals surface area contributed by atoms with Crippen LogP contribution in [0, 0.1) is 16.7 Å². The summed E-state index contributed by atoms with van der Waals surface area (Å²) < 4.78 is 78.2. The largest absolute Gasteiger partial charge is 0.429 e. The van der Waals surface area contributed by atoms with Gasteiger partial charge in [-0.3, -0.25) is 0 Å². The molecule has 3 nitrogen and oxygen atoms in total.